The molecule has 2 heterocycles. The highest BCUT2D eigenvalue weighted by atomic mass is 32.2. The fourth-order valence-corrected chi connectivity index (χ4v) is 4.92. The van der Waals surface area contributed by atoms with Gasteiger partial charge >= 0.3 is 0 Å². The van der Waals surface area contributed by atoms with Gasteiger partial charge in [0.2, 0.25) is 0 Å². The normalized spacial score (nSPS) is 13.5. The molecule has 0 saturated heterocycles. The molecule has 0 atom stereocenters. The molecule has 0 aliphatic carbocycles. The van der Waals surface area contributed by atoms with Crippen LogP contribution in [-0.4, -0.2) is 33.0 Å². The van der Waals surface area contributed by atoms with Crippen LogP contribution >= 0.6 is 11.3 Å². The Morgan fingerprint density at radius 1 is 1.10 bits per heavy atom. The summed E-state index contributed by atoms with van der Waals surface area (Å²) in [6.45, 7) is 0.967. The van der Waals surface area contributed by atoms with Gasteiger partial charge in [0.15, 0.2) is 9.84 Å². The average molecular weight is 455 g/mol. The second-order valence-electron chi connectivity index (χ2n) is 7.48. The van der Waals surface area contributed by atoms with E-state index in [2.05, 4.69) is 5.32 Å². The lowest BCUT2D eigenvalue weighted by Crippen LogP contribution is -2.35. The monoisotopic (exact) mass is 454 g/mol. The van der Waals surface area contributed by atoms with Crippen molar-refractivity contribution in [3.63, 3.8) is 0 Å². The molecule has 1 aromatic heterocycles. The van der Waals surface area contributed by atoms with E-state index in [-0.39, 0.29) is 16.7 Å². The third kappa shape index (κ3) is 4.70. The molecule has 8 heteroatoms. The second-order valence-corrected chi connectivity index (χ2v) is 10.4. The van der Waals surface area contributed by atoms with Gasteiger partial charge in [0.1, 0.15) is 0 Å². The topological polar surface area (TPSA) is 83.6 Å². The van der Waals surface area contributed by atoms with E-state index in [1.807, 2.05) is 23.6 Å². The molecular formula is C23H22N2O4S2. The Hall–Kier alpha value is -2.97. The maximum absolute atomic E-state index is 13.1. The van der Waals surface area contributed by atoms with Crippen LogP contribution in [0.1, 0.15) is 37.6 Å². The highest BCUT2D eigenvalue weighted by Crippen LogP contribution is 2.30. The van der Waals surface area contributed by atoms with E-state index in [1.54, 1.807) is 41.3 Å². The first-order valence-electron chi connectivity index (χ1n) is 9.88. The van der Waals surface area contributed by atoms with Crippen LogP contribution in [0, 0.1) is 0 Å². The van der Waals surface area contributed by atoms with Gasteiger partial charge in [0, 0.05) is 30.6 Å². The summed E-state index contributed by atoms with van der Waals surface area (Å²) in [7, 11) is -3.29. The molecule has 6 nitrogen and oxygen atoms in total. The van der Waals surface area contributed by atoms with Crippen LogP contribution in [0.5, 0.6) is 0 Å². The van der Waals surface area contributed by atoms with Gasteiger partial charge in [-0.1, -0.05) is 18.2 Å². The highest BCUT2D eigenvalue weighted by Gasteiger charge is 2.24. The molecule has 1 aliphatic rings. The van der Waals surface area contributed by atoms with Gasteiger partial charge in [-0.2, -0.15) is 0 Å². The largest absolute Gasteiger partial charge is 0.347 e. The molecule has 2 aromatic carbocycles. The number of fused-ring (bicyclic) bond motifs is 1. The van der Waals surface area contributed by atoms with E-state index in [9.17, 15) is 18.0 Å². The predicted octanol–water partition coefficient (Wildman–Crippen LogP) is 3.67. The Morgan fingerprint density at radius 3 is 2.55 bits per heavy atom. The summed E-state index contributed by atoms with van der Waals surface area (Å²) in [5.74, 6) is -0.240. The number of thiophene rings is 1. The summed E-state index contributed by atoms with van der Waals surface area (Å²) in [6, 6.07) is 15.7. The molecular weight excluding hydrogens is 432 g/mol. The van der Waals surface area contributed by atoms with Crippen molar-refractivity contribution in [2.24, 2.45) is 0 Å². The van der Waals surface area contributed by atoms with Crippen molar-refractivity contribution in [1.29, 1.82) is 0 Å². The van der Waals surface area contributed by atoms with Crippen LogP contribution in [0.3, 0.4) is 0 Å². The van der Waals surface area contributed by atoms with E-state index in [4.69, 9.17) is 0 Å². The van der Waals surface area contributed by atoms with Gasteiger partial charge in [-0.25, -0.2) is 8.42 Å². The number of nitrogens with zero attached hydrogens (tertiary/aromatic N) is 1. The van der Waals surface area contributed by atoms with Crippen molar-refractivity contribution in [2.75, 3.05) is 17.7 Å². The number of carbonyl (C=O) groups excluding carboxylic acids is 2. The number of anilines is 1. The minimum atomic E-state index is -3.29. The Labute approximate surface area is 185 Å². The van der Waals surface area contributed by atoms with Crippen LogP contribution in [-0.2, 0) is 22.8 Å². The quantitative estimate of drug-likeness (QED) is 0.638. The lowest BCUT2D eigenvalue weighted by molar-refractivity contribution is 0.0952. The van der Waals surface area contributed by atoms with E-state index in [0.717, 1.165) is 29.7 Å². The number of aryl methyl sites for hydroxylation is 1. The summed E-state index contributed by atoms with van der Waals surface area (Å²) < 4.78 is 23.7. The fraction of sp³-hybridized carbons (Fsp3) is 0.217. The summed E-state index contributed by atoms with van der Waals surface area (Å²) in [4.78, 5) is 27.8. The Kier molecular flexibility index (Phi) is 5.93. The Bertz CT molecular complexity index is 1220. The molecule has 0 fully saturated rings. The van der Waals surface area contributed by atoms with Gasteiger partial charge < -0.3 is 10.2 Å². The van der Waals surface area contributed by atoms with Crippen LogP contribution in [0.15, 0.2) is 64.9 Å². The van der Waals surface area contributed by atoms with Crippen molar-refractivity contribution >= 4 is 38.7 Å². The van der Waals surface area contributed by atoms with Gasteiger partial charge in [0.05, 0.1) is 9.77 Å². The molecule has 0 spiro atoms. The zero-order chi connectivity index (χ0) is 22.0. The number of hydrogen-bond donors (Lipinski definition) is 1. The number of hydrogen-bond acceptors (Lipinski definition) is 5. The Morgan fingerprint density at radius 2 is 1.87 bits per heavy atom. The molecule has 0 bridgehead atoms. The number of carbonyl (C=O) groups is 2. The Balaban J connectivity index is 1.47. The molecule has 0 radical (unpaired) electrons. The van der Waals surface area contributed by atoms with Gasteiger partial charge in [-0.3, -0.25) is 9.59 Å². The van der Waals surface area contributed by atoms with Crippen molar-refractivity contribution in [3.05, 3.63) is 81.5 Å². The number of sulfone groups is 1. The molecule has 4 rings (SSSR count). The second kappa shape index (κ2) is 8.64. The predicted molar refractivity (Wildman–Crippen MR) is 121 cm³/mol. The van der Waals surface area contributed by atoms with Crippen molar-refractivity contribution in [1.82, 2.24) is 5.32 Å². The minimum Gasteiger partial charge on any atom is -0.347 e. The summed E-state index contributed by atoms with van der Waals surface area (Å²) in [5.41, 5.74) is 3.08. The van der Waals surface area contributed by atoms with Gasteiger partial charge in [-0.05, 0) is 65.7 Å². The third-order valence-electron chi connectivity index (χ3n) is 5.24. The lowest BCUT2D eigenvalue weighted by Gasteiger charge is -2.30. The highest BCUT2D eigenvalue weighted by molar-refractivity contribution is 7.90. The number of rotatable bonds is 5. The van der Waals surface area contributed by atoms with E-state index in [0.29, 0.717) is 23.5 Å². The SMILES string of the molecule is CS(=O)(=O)c1ccc2c(c1)CCCN2C(=O)c1ccc(CNC(=O)c2cccs2)cc1. The lowest BCUT2D eigenvalue weighted by atomic mass is 10.0. The molecule has 160 valence electrons. The minimum absolute atomic E-state index is 0.117. The zero-order valence-corrected chi connectivity index (χ0v) is 18.6. The number of benzene rings is 2. The number of nitrogens with one attached hydrogen (secondary N) is 1. The molecule has 1 N–H and O–H groups in total. The molecule has 3 aromatic rings. The van der Waals surface area contributed by atoms with Gasteiger partial charge in [0.25, 0.3) is 11.8 Å². The molecule has 0 saturated carbocycles. The summed E-state index contributed by atoms with van der Waals surface area (Å²) in [6.07, 6.45) is 2.70. The van der Waals surface area contributed by atoms with Crippen molar-refractivity contribution < 1.29 is 18.0 Å². The fourth-order valence-electron chi connectivity index (χ4n) is 3.61. The standard InChI is InChI=1S/C23H22N2O4S2/c1-31(28,29)19-10-11-20-18(14-19)4-2-12-25(20)23(27)17-8-6-16(7-9-17)15-24-22(26)21-5-3-13-30-21/h3,5-11,13-14H,2,4,12,15H2,1H3,(H,24,26). The molecule has 0 unspecified atom stereocenters. The van der Waals surface area contributed by atoms with Crippen LogP contribution in [0.2, 0.25) is 0 Å². The van der Waals surface area contributed by atoms with E-state index < -0.39 is 9.84 Å². The summed E-state index contributed by atoms with van der Waals surface area (Å²) >= 11 is 1.39. The first-order chi connectivity index (χ1) is 14.8. The van der Waals surface area contributed by atoms with E-state index in [1.165, 1.54) is 17.6 Å². The maximum atomic E-state index is 13.1. The van der Waals surface area contributed by atoms with Crippen molar-refractivity contribution in [2.45, 2.75) is 24.3 Å². The maximum Gasteiger partial charge on any atom is 0.261 e. The molecule has 2 amide bonds. The first kappa shape index (κ1) is 21.3. The number of amides is 2. The van der Waals surface area contributed by atoms with Crippen LogP contribution < -0.4 is 10.2 Å². The van der Waals surface area contributed by atoms with Crippen molar-refractivity contribution in [3.8, 4) is 0 Å². The molecule has 31 heavy (non-hydrogen) atoms. The summed E-state index contributed by atoms with van der Waals surface area (Å²) in [5, 5.41) is 4.73. The first-order valence-corrected chi connectivity index (χ1v) is 12.7. The zero-order valence-electron chi connectivity index (χ0n) is 17.0. The smallest absolute Gasteiger partial charge is 0.261 e. The van der Waals surface area contributed by atoms with Gasteiger partial charge in [-0.15, -0.1) is 11.3 Å². The van der Waals surface area contributed by atoms with Crippen LogP contribution in [0.4, 0.5) is 5.69 Å². The molecule has 1 aliphatic heterocycles. The average Bonchev–Trinajstić information content (AvgIpc) is 3.31. The van der Waals surface area contributed by atoms with E-state index >= 15 is 0 Å². The van der Waals surface area contributed by atoms with Crippen LogP contribution in [0.25, 0.3) is 0 Å². The third-order valence-corrected chi connectivity index (χ3v) is 7.22.